The summed E-state index contributed by atoms with van der Waals surface area (Å²) in [6, 6.07) is 10.1. The molecule has 5 heterocycles. The molecule has 0 bridgehead atoms. The molecule has 7 rings (SSSR count). The Kier molecular flexibility index (Phi) is 7.90. The smallest absolute Gasteiger partial charge is 0.253 e. The lowest BCUT2D eigenvalue weighted by Gasteiger charge is -2.25. The third-order valence-corrected chi connectivity index (χ3v) is 9.98. The van der Waals surface area contributed by atoms with Gasteiger partial charge in [0.05, 0.1) is 29.1 Å². The highest BCUT2D eigenvalue weighted by Crippen LogP contribution is 2.37. The standard InChI is InChI=1S/C33H36N6O4S/c1-36-26-8-5-4-7-23(26)24-11-13-28(35-32(24)36)39(31(42)9-3-2-6-16-38-29(40)14-15-30(38)41)22-10-12-25-27(21-22)44-33(34-25)37-17-19-43-20-18-37/h10-15,21H,2-9,16-20H2,1H3. The Bertz CT molecular complexity index is 1770. The summed E-state index contributed by atoms with van der Waals surface area (Å²) < 4.78 is 8.74. The number of pyridine rings is 1. The number of aryl methyl sites for hydroxylation is 2. The van der Waals surface area contributed by atoms with E-state index in [2.05, 4.69) is 22.6 Å². The Hall–Kier alpha value is -4.09. The normalized spacial score (nSPS) is 16.8. The van der Waals surface area contributed by atoms with E-state index in [1.807, 2.05) is 24.3 Å². The topological polar surface area (TPSA) is 101 Å². The van der Waals surface area contributed by atoms with Gasteiger partial charge in [0.25, 0.3) is 11.8 Å². The average molecular weight is 613 g/mol. The molecule has 11 heteroatoms. The van der Waals surface area contributed by atoms with Crippen LogP contribution < -0.4 is 9.80 Å². The van der Waals surface area contributed by atoms with E-state index >= 15 is 0 Å². The predicted octanol–water partition coefficient (Wildman–Crippen LogP) is 5.05. The van der Waals surface area contributed by atoms with Crippen molar-refractivity contribution in [2.75, 3.05) is 42.6 Å². The van der Waals surface area contributed by atoms with Gasteiger partial charge in [0.15, 0.2) is 5.13 Å². The van der Waals surface area contributed by atoms with E-state index in [9.17, 15) is 14.4 Å². The van der Waals surface area contributed by atoms with Crippen molar-refractivity contribution in [1.82, 2.24) is 19.4 Å². The molecule has 3 amide bonds. The predicted molar refractivity (Wildman–Crippen MR) is 171 cm³/mol. The van der Waals surface area contributed by atoms with Gasteiger partial charge in [-0.1, -0.05) is 17.8 Å². The molecule has 1 saturated heterocycles. The van der Waals surface area contributed by atoms with Crippen molar-refractivity contribution >= 4 is 66.9 Å². The van der Waals surface area contributed by atoms with Crippen molar-refractivity contribution in [3.05, 3.63) is 53.7 Å². The molecule has 1 aliphatic carbocycles. The molecule has 0 N–H and O–H groups in total. The summed E-state index contributed by atoms with van der Waals surface area (Å²) in [5.74, 6) is 0.0350. The third kappa shape index (κ3) is 5.39. The number of anilines is 3. The summed E-state index contributed by atoms with van der Waals surface area (Å²) in [5, 5.41) is 2.14. The monoisotopic (exact) mass is 612 g/mol. The number of carbonyl (C=O) groups is 3. The third-order valence-electron chi connectivity index (χ3n) is 8.90. The molecule has 2 aliphatic heterocycles. The molecule has 3 aromatic heterocycles. The number of fused-ring (bicyclic) bond motifs is 4. The molecule has 1 fully saturated rings. The fourth-order valence-electron chi connectivity index (χ4n) is 6.55. The molecule has 1 aromatic carbocycles. The number of nitrogens with zero attached hydrogens (tertiary/aromatic N) is 6. The molecule has 0 radical (unpaired) electrons. The Morgan fingerprint density at radius 2 is 1.77 bits per heavy atom. The molecule has 0 atom stereocenters. The van der Waals surface area contributed by atoms with E-state index in [0.717, 1.165) is 59.0 Å². The number of rotatable bonds is 9. The fraction of sp³-hybridized carbons (Fsp3) is 0.424. The molecule has 228 valence electrons. The SMILES string of the molecule is Cn1c2c(c3ccc(N(C(=O)CCCCCN4C(=O)C=CC4=O)c4ccc5nc(N6CCOCC6)sc5c4)nc31)CCCC2. The minimum absolute atomic E-state index is 0.0388. The van der Waals surface area contributed by atoms with Crippen LogP contribution in [0.2, 0.25) is 0 Å². The number of hydrogen-bond acceptors (Lipinski definition) is 8. The van der Waals surface area contributed by atoms with Gasteiger partial charge in [-0.15, -0.1) is 0 Å². The second-order valence-corrected chi connectivity index (χ2v) is 12.7. The maximum atomic E-state index is 14.0. The van der Waals surface area contributed by atoms with Crippen LogP contribution in [0, 0.1) is 0 Å². The van der Waals surface area contributed by atoms with E-state index in [1.54, 1.807) is 16.2 Å². The lowest BCUT2D eigenvalue weighted by molar-refractivity contribution is -0.136. The fourth-order valence-corrected chi connectivity index (χ4v) is 7.60. The van der Waals surface area contributed by atoms with Gasteiger partial charge >= 0.3 is 0 Å². The largest absolute Gasteiger partial charge is 0.378 e. The van der Waals surface area contributed by atoms with Crippen LogP contribution in [-0.4, -0.2) is 70.0 Å². The zero-order valence-electron chi connectivity index (χ0n) is 25.0. The number of amides is 3. The zero-order chi connectivity index (χ0) is 30.2. The first kappa shape index (κ1) is 28.7. The molecule has 3 aliphatic rings. The van der Waals surface area contributed by atoms with Gasteiger partial charge in [-0.3, -0.25) is 24.2 Å². The Morgan fingerprint density at radius 1 is 0.977 bits per heavy atom. The van der Waals surface area contributed by atoms with Crippen molar-refractivity contribution in [1.29, 1.82) is 0 Å². The van der Waals surface area contributed by atoms with Crippen LogP contribution in [0.25, 0.3) is 21.3 Å². The number of unbranched alkanes of at least 4 members (excludes halogenated alkanes) is 2. The number of benzene rings is 1. The summed E-state index contributed by atoms with van der Waals surface area (Å²) in [4.78, 5) is 52.9. The Balaban J connectivity index is 1.16. The second kappa shape index (κ2) is 12.1. The van der Waals surface area contributed by atoms with Crippen molar-refractivity contribution in [2.45, 2.75) is 51.4 Å². The Labute approximate surface area is 259 Å². The molecule has 4 aromatic rings. The minimum Gasteiger partial charge on any atom is -0.378 e. The molecule has 0 unspecified atom stereocenters. The molecule has 44 heavy (non-hydrogen) atoms. The summed E-state index contributed by atoms with van der Waals surface area (Å²) in [6.45, 7) is 3.40. The molecular formula is C33H36N6O4S. The van der Waals surface area contributed by atoms with Crippen LogP contribution in [0.3, 0.4) is 0 Å². The quantitative estimate of drug-likeness (QED) is 0.193. The van der Waals surface area contributed by atoms with E-state index in [4.69, 9.17) is 14.7 Å². The van der Waals surface area contributed by atoms with E-state index in [1.165, 1.54) is 46.5 Å². The van der Waals surface area contributed by atoms with Crippen LogP contribution in [0.4, 0.5) is 16.6 Å². The van der Waals surface area contributed by atoms with Crippen LogP contribution >= 0.6 is 11.3 Å². The van der Waals surface area contributed by atoms with Gasteiger partial charge < -0.3 is 14.2 Å². The number of aromatic nitrogens is 3. The van der Waals surface area contributed by atoms with Crippen molar-refractivity contribution in [2.24, 2.45) is 7.05 Å². The molecule has 0 spiro atoms. The van der Waals surface area contributed by atoms with Gasteiger partial charge in [0.1, 0.15) is 11.5 Å². The highest BCUT2D eigenvalue weighted by molar-refractivity contribution is 7.22. The summed E-state index contributed by atoms with van der Waals surface area (Å²) >= 11 is 1.63. The molecule has 10 nitrogen and oxygen atoms in total. The van der Waals surface area contributed by atoms with Gasteiger partial charge in [-0.25, -0.2) is 9.97 Å². The first-order valence-corrected chi connectivity index (χ1v) is 16.4. The van der Waals surface area contributed by atoms with Crippen LogP contribution in [0.1, 0.15) is 49.8 Å². The van der Waals surface area contributed by atoms with E-state index in [0.29, 0.717) is 44.8 Å². The highest BCUT2D eigenvalue weighted by atomic mass is 32.1. The van der Waals surface area contributed by atoms with Gasteiger partial charge in [-0.05, 0) is 74.4 Å². The number of thiazole rings is 1. The second-order valence-electron chi connectivity index (χ2n) is 11.7. The lowest BCUT2D eigenvalue weighted by Crippen LogP contribution is -2.36. The lowest BCUT2D eigenvalue weighted by atomic mass is 9.96. The summed E-state index contributed by atoms with van der Waals surface area (Å²) in [7, 11) is 2.08. The van der Waals surface area contributed by atoms with E-state index in [-0.39, 0.29) is 17.7 Å². The average Bonchev–Trinajstić information content (AvgIpc) is 3.71. The number of morpholine rings is 1. The number of carbonyl (C=O) groups excluding carboxylic acids is 3. The van der Waals surface area contributed by atoms with Crippen molar-refractivity contribution < 1.29 is 19.1 Å². The Morgan fingerprint density at radius 3 is 2.59 bits per heavy atom. The van der Waals surface area contributed by atoms with Crippen molar-refractivity contribution in [3.63, 3.8) is 0 Å². The molecular weight excluding hydrogens is 576 g/mol. The number of imide groups is 1. The summed E-state index contributed by atoms with van der Waals surface area (Å²) in [5.41, 5.74) is 5.32. The maximum absolute atomic E-state index is 14.0. The van der Waals surface area contributed by atoms with Crippen LogP contribution in [0.5, 0.6) is 0 Å². The maximum Gasteiger partial charge on any atom is 0.253 e. The van der Waals surface area contributed by atoms with Crippen molar-refractivity contribution in [3.8, 4) is 0 Å². The van der Waals surface area contributed by atoms with Crippen LogP contribution in [-0.2, 0) is 39.0 Å². The molecule has 0 saturated carbocycles. The zero-order valence-corrected chi connectivity index (χ0v) is 25.8. The first-order chi connectivity index (χ1) is 21.5. The first-order valence-electron chi connectivity index (χ1n) is 15.5. The number of hydrogen-bond donors (Lipinski definition) is 0. The highest BCUT2D eigenvalue weighted by Gasteiger charge is 2.25. The minimum atomic E-state index is -0.267. The number of ether oxygens (including phenoxy) is 1. The van der Waals surface area contributed by atoms with Gasteiger partial charge in [-0.2, -0.15) is 0 Å². The van der Waals surface area contributed by atoms with Crippen LogP contribution in [0.15, 0.2) is 42.5 Å². The van der Waals surface area contributed by atoms with Gasteiger partial charge in [0, 0.05) is 56.3 Å². The summed E-state index contributed by atoms with van der Waals surface area (Å²) in [6.07, 6.45) is 9.46. The van der Waals surface area contributed by atoms with E-state index < -0.39 is 0 Å². The van der Waals surface area contributed by atoms with Gasteiger partial charge in [0.2, 0.25) is 5.91 Å².